The third-order valence-corrected chi connectivity index (χ3v) is 4.04. The van der Waals surface area contributed by atoms with E-state index in [9.17, 15) is 22.4 Å². The van der Waals surface area contributed by atoms with E-state index in [2.05, 4.69) is 9.97 Å². The number of rotatable bonds is 5. The molecule has 3 rings (SSSR count). The SMILES string of the molecule is Cc1cc(OCc2ccc(Oc3ccc(Cl)c(C(F)(F)F)c3)c(F)c2)nc(=O)[nH]1. The number of ether oxygens (including phenoxy) is 2. The quantitative estimate of drug-likeness (QED) is 0.563. The Hall–Kier alpha value is -3.07. The molecule has 3 aromatic rings. The number of halogens is 5. The van der Waals surface area contributed by atoms with Crippen molar-refractivity contribution in [3.63, 3.8) is 0 Å². The lowest BCUT2D eigenvalue weighted by molar-refractivity contribution is -0.137. The fraction of sp³-hybridized carbons (Fsp3) is 0.158. The maximum absolute atomic E-state index is 14.3. The zero-order valence-corrected chi connectivity index (χ0v) is 15.6. The van der Waals surface area contributed by atoms with Crippen LogP contribution in [0.15, 0.2) is 47.3 Å². The lowest BCUT2D eigenvalue weighted by Gasteiger charge is -2.13. The lowest BCUT2D eigenvalue weighted by atomic mass is 10.2. The zero-order valence-electron chi connectivity index (χ0n) is 14.8. The highest BCUT2D eigenvalue weighted by molar-refractivity contribution is 6.31. The number of nitrogens with zero attached hydrogens (tertiary/aromatic N) is 1. The van der Waals surface area contributed by atoms with Crippen LogP contribution in [0.3, 0.4) is 0 Å². The number of hydrogen-bond acceptors (Lipinski definition) is 4. The second-order valence-corrected chi connectivity index (χ2v) is 6.41. The molecule has 0 fully saturated rings. The van der Waals surface area contributed by atoms with Gasteiger partial charge in [0.05, 0.1) is 10.6 Å². The molecular formula is C19H13ClF4N2O3. The Kier molecular flexibility index (Phi) is 5.78. The van der Waals surface area contributed by atoms with Gasteiger partial charge < -0.3 is 14.5 Å². The van der Waals surface area contributed by atoms with Crippen molar-refractivity contribution in [3.05, 3.63) is 80.6 Å². The fourth-order valence-corrected chi connectivity index (χ4v) is 2.64. The predicted octanol–water partition coefficient (Wildman–Crippen LogP) is 5.26. The Balaban J connectivity index is 1.74. The van der Waals surface area contributed by atoms with E-state index < -0.39 is 28.3 Å². The molecule has 10 heteroatoms. The summed E-state index contributed by atoms with van der Waals surface area (Å²) in [5.74, 6) is -1.21. The topological polar surface area (TPSA) is 64.2 Å². The molecule has 0 aliphatic heterocycles. The number of aromatic nitrogens is 2. The minimum absolute atomic E-state index is 0.0767. The summed E-state index contributed by atoms with van der Waals surface area (Å²) < 4.78 is 63.6. The minimum Gasteiger partial charge on any atom is -0.473 e. The van der Waals surface area contributed by atoms with Gasteiger partial charge in [-0.1, -0.05) is 17.7 Å². The summed E-state index contributed by atoms with van der Waals surface area (Å²) >= 11 is 5.55. The van der Waals surface area contributed by atoms with Gasteiger partial charge in [-0.25, -0.2) is 9.18 Å². The van der Waals surface area contributed by atoms with Gasteiger partial charge in [-0.15, -0.1) is 0 Å². The van der Waals surface area contributed by atoms with Crippen LogP contribution in [0.1, 0.15) is 16.8 Å². The van der Waals surface area contributed by atoms with Crippen LogP contribution in [0.25, 0.3) is 0 Å². The van der Waals surface area contributed by atoms with Crippen molar-refractivity contribution < 1.29 is 27.0 Å². The highest BCUT2D eigenvalue weighted by atomic mass is 35.5. The molecule has 0 unspecified atom stereocenters. The van der Waals surface area contributed by atoms with Crippen molar-refractivity contribution in [2.45, 2.75) is 19.7 Å². The molecular weight excluding hydrogens is 416 g/mol. The molecule has 0 atom stereocenters. The van der Waals surface area contributed by atoms with Gasteiger partial charge >= 0.3 is 11.9 Å². The van der Waals surface area contributed by atoms with Crippen LogP contribution in [0.2, 0.25) is 5.02 Å². The molecule has 0 aliphatic rings. The van der Waals surface area contributed by atoms with Crippen molar-refractivity contribution >= 4 is 11.6 Å². The van der Waals surface area contributed by atoms with E-state index in [1.807, 2.05) is 0 Å². The van der Waals surface area contributed by atoms with Crippen LogP contribution in [-0.2, 0) is 12.8 Å². The molecule has 2 aromatic carbocycles. The van der Waals surface area contributed by atoms with Crippen LogP contribution in [0.4, 0.5) is 17.6 Å². The Morgan fingerprint density at radius 3 is 2.55 bits per heavy atom. The third kappa shape index (κ3) is 5.26. The van der Waals surface area contributed by atoms with Gasteiger partial charge in [-0.05, 0) is 42.8 Å². The molecule has 1 aromatic heterocycles. The molecule has 0 saturated carbocycles. The van der Waals surface area contributed by atoms with Crippen molar-refractivity contribution in [2.24, 2.45) is 0 Å². The van der Waals surface area contributed by atoms with Gasteiger partial charge in [-0.2, -0.15) is 18.2 Å². The normalized spacial score (nSPS) is 11.4. The number of H-pyrrole nitrogens is 1. The van der Waals surface area contributed by atoms with Crippen molar-refractivity contribution in [1.29, 1.82) is 0 Å². The van der Waals surface area contributed by atoms with Gasteiger partial charge in [0, 0.05) is 11.8 Å². The van der Waals surface area contributed by atoms with Gasteiger partial charge in [0.25, 0.3) is 0 Å². The first-order valence-electron chi connectivity index (χ1n) is 8.15. The summed E-state index contributed by atoms with van der Waals surface area (Å²) in [6.07, 6.45) is -4.66. The van der Waals surface area contributed by atoms with Gasteiger partial charge in [0.2, 0.25) is 5.88 Å². The summed E-state index contributed by atoms with van der Waals surface area (Å²) in [5, 5.41) is -0.485. The monoisotopic (exact) mass is 428 g/mol. The molecule has 0 radical (unpaired) electrons. The molecule has 1 heterocycles. The van der Waals surface area contributed by atoms with Crippen LogP contribution in [0.5, 0.6) is 17.4 Å². The zero-order chi connectivity index (χ0) is 21.2. The summed E-state index contributed by atoms with van der Waals surface area (Å²) in [5.41, 5.74) is -0.698. The van der Waals surface area contributed by atoms with Crippen LogP contribution in [0, 0.1) is 12.7 Å². The smallest absolute Gasteiger partial charge is 0.417 e. The van der Waals surface area contributed by atoms with Crippen molar-refractivity contribution in [1.82, 2.24) is 9.97 Å². The molecule has 0 spiro atoms. The molecule has 0 bridgehead atoms. The first-order valence-corrected chi connectivity index (χ1v) is 8.53. The highest BCUT2D eigenvalue weighted by Gasteiger charge is 2.33. The van der Waals surface area contributed by atoms with Gasteiger partial charge in [-0.3, -0.25) is 0 Å². The number of hydrogen-bond donors (Lipinski definition) is 1. The Labute approximate surface area is 166 Å². The Morgan fingerprint density at radius 1 is 1.14 bits per heavy atom. The molecule has 0 saturated heterocycles. The van der Waals surface area contributed by atoms with E-state index in [0.29, 0.717) is 17.3 Å². The number of alkyl halides is 3. The average Bonchev–Trinajstić information content (AvgIpc) is 2.62. The fourth-order valence-electron chi connectivity index (χ4n) is 2.41. The first kappa shape index (κ1) is 20.7. The minimum atomic E-state index is -4.66. The standard InChI is InChI=1S/C19H13ClF4N2O3/c1-10-6-17(26-18(27)25-10)28-9-11-2-5-16(15(21)7-11)29-12-3-4-14(20)13(8-12)19(22,23)24/h2-8H,9H2,1H3,(H,25,26,27). The largest absolute Gasteiger partial charge is 0.473 e. The number of aromatic amines is 1. The molecule has 0 amide bonds. The van der Waals surface area contributed by atoms with Gasteiger partial charge in [0.1, 0.15) is 12.4 Å². The maximum atomic E-state index is 14.3. The van der Waals surface area contributed by atoms with E-state index in [4.69, 9.17) is 21.1 Å². The van der Waals surface area contributed by atoms with E-state index in [-0.39, 0.29) is 24.0 Å². The average molecular weight is 429 g/mol. The summed E-state index contributed by atoms with van der Waals surface area (Å²) in [6.45, 7) is 1.58. The Morgan fingerprint density at radius 2 is 1.90 bits per heavy atom. The first-order chi connectivity index (χ1) is 13.6. The van der Waals surface area contributed by atoms with Crippen LogP contribution >= 0.6 is 11.6 Å². The molecule has 1 N–H and O–H groups in total. The third-order valence-electron chi connectivity index (χ3n) is 3.71. The second-order valence-electron chi connectivity index (χ2n) is 6.00. The van der Waals surface area contributed by atoms with Crippen LogP contribution in [-0.4, -0.2) is 9.97 Å². The van der Waals surface area contributed by atoms with E-state index in [1.54, 1.807) is 6.92 Å². The molecule has 0 aliphatic carbocycles. The molecule has 5 nitrogen and oxygen atoms in total. The van der Waals surface area contributed by atoms with Crippen molar-refractivity contribution in [2.75, 3.05) is 0 Å². The number of benzene rings is 2. The summed E-state index contributed by atoms with van der Waals surface area (Å²) in [4.78, 5) is 17.4. The Bertz CT molecular complexity index is 1100. The second kappa shape index (κ2) is 8.12. The van der Waals surface area contributed by atoms with Crippen LogP contribution < -0.4 is 15.2 Å². The van der Waals surface area contributed by atoms with E-state index in [0.717, 1.165) is 12.1 Å². The van der Waals surface area contributed by atoms with Gasteiger partial charge in [0.15, 0.2) is 11.6 Å². The molecule has 152 valence electrons. The predicted molar refractivity (Wildman–Crippen MR) is 96.9 cm³/mol. The number of aryl methyl sites for hydroxylation is 1. The lowest BCUT2D eigenvalue weighted by Crippen LogP contribution is -2.12. The van der Waals surface area contributed by atoms with E-state index >= 15 is 0 Å². The summed E-state index contributed by atoms with van der Waals surface area (Å²) in [7, 11) is 0. The van der Waals surface area contributed by atoms with Crippen molar-refractivity contribution in [3.8, 4) is 17.4 Å². The highest BCUT2D eigenvalue weighted by Crippen LogP contribution is 2.38. The maximum Gasteiger partial charge on any atom is 0.417 e. The number of nitrogens with one attached hydrogen (secondary N) is 1. The molecule has 29 heavy (non-hydrogen) atoms. The van der Waals surface area contributed by atoms with E-state index in [1.165, 1.54) is 24.3 Å². The summed E-state index contributed by atoms with van der Waals surface area (Å²) in [6, 6.07) is 8.26.